The summed E-state index contributed by atoms with van der Waals surface area (Å²) >= 11 is 9.07. The van der Waals surface area contributed by atoms with Gasteiger partial charge >= 0.3 is 0 Å². The lowest BCUT2D eigenvalue weighted by Gasteiger charge is -2.12. The molecule has 4 rings (SSSR count). The number of carbonyl (C=O) groups excluding carboxylic acids is 1. The average molecular weight is 460 g/mol. The van der Waals surface area contributed by atoms with Gasteiger partial charge in [-0.2, -0.15) is 0 Å². The first-order valence-electron chi connectivity index (χ1n) is 9.82. The molecule has 0 radical (unpaired) electrons. The maximum atomic E-state index is 13.2. The molecule has 1 aliphatic carbocycles. The van der Waals surface area contributed by atoms with Crippen LogP contribution in [0.4, 0.5) is 5.69 Å². The summed E-state index contributed by atoms with van der Waals surface area (Å²) in [7, 11) is 0. The van der Waals surface area contributed by atoms with Gasteiger partial charge in [-0.05, 0) is 55.9 Å². The number of carbonyl (C=O) groups is 1. The number of aryl methyl sites for hydroxylation is 3. The van der Waals surface area contributed by atoms with Crippen molar-refractivity contribution in [3.63, 3.8) is 0 Å². The fourth-order valence-electron chi connectivity index (χ4n) is 3.66. The van der Waals surface area contributed by atoms with E-state index in [-0.39, 0.29) is 17.2 Å². The molecule has 0 bridgehead atoms. The molecule has 8 heteroatoms. The number of anilines is 1. The minimum atomic E-state index is -0.198. The number of hydrogen-bond acceptors (Lipinski definition) is 5. The van der Waals surface area contributed by atoms with Gasteiger partial charge in [0.15, 0.2) is 5.16 Å². The Bertz CT molecular complexity index is 1200. The van der Waals surface area contributed by atoms with Crippen molar-refractivity contribution in [2.75, 3.05) is 11.1 Å². The molecule has 0 atom stereocenters. The van der Waals surface area contributed by atoms with Crippen LogP contribution >= 0.6 is 34.7 Å². The molecule has 1 aromatic carbocycles. The third-order valence-electron chi connectivity index (χ3n) is 5.08. The number of benzene rings is 1. The zero-order valence-corrected chi connectivity index (χ0v) is 19.1. The molecule has 2 heterocycles. The summed E-state index contributed by atoms with van der Waals surface area (Å²) in [6, 6.07) is 5.49. The highest BCUT2D eigenvalue weighted by molar-refractivity contribution is 7.99. The smallest absolute Gasteiger partial charge is 0.263 e. The van der Waals surface area contributed by atoms with Crippen molar-refractivity contribution in [3.05, 3.63) is 62.2 Å². The number of halogens is 1. The van der Waals surface area contributed by atoms with E-state index in [4.69, 9.17) is 16.6 Å². The molecular formula is C22H22ClN3O2S2. The van der Waals surface area contributed by atoms with E-state index in [0.717, 1.165) is 41.5 Å². The van der Waals surface area contributed by atoms with Gasteiger partial charge in [-0.25, -0.2) is 4.98 Å². The Balaban J connectivity index is 1.60. The zero-order chi connectivity index (χ0) is 21.3. The van der Waals surface area contributed by atoms with Crippen LogP contribution in [-0.4, -0.2) is 21.2 Å². The van der Waals surface area contributed by atoms with Crippen LogP contribution < -0.4 is 10.9 Å². The van der Waals surface area contributed by atoms with Crippen molar-refractivity contribution in [1.29, 1.82) is 0 Å². The average Bonchev–Trinajstić information content (AvgIpc) is 3.09. The molecule has 5 nitrogen and oxygen atoms in total. The summed E-state index contributed by atoms with van der Waals surface area (Å²) in [5.41, 5.74) is 2.73. The summed E-state index contributed by atoms with van der Waals surface area (Å²) in [6.45, 7) is 6.08. The van der Waals surface area contributed by atoms with E-state index in [9.17, 15) is 9.59 Å². The Kier molecular flexibility index (Phi) is 6.32. The largest absolute Gasteiger partial charge is 0.324 e. The van der Waals surface area contributed by atoms with Gasteiger partial charge < -0.3 is 5.32 Å². The lowest BCUT2D eigenvalue weighted by Crippen LogP contribution is -2.24. The number of fused-ring (bicyclic) bond motifs is 3. The number of thioether (sulfide) groups is 1. The first-order chi connectivity index (χ1) is 14.5. The standard InChI is InChI=1S/C22H22ClN3O2S2/c1-3-10-26-21(28)19-14-6-4-5-7-17(14)30-20(19)25-22(26)29-12-18(27)24-16-9-8-13(2)11-15(16)23/h3,8-9,11H,1,4-7,10,12H2,2H3,(H,24,27). The third kappa shape index (κ3) is 4.19. The van der Waals surface area contributed by atoms with Gasteiger partial charge in [0.05, 0.1) is 21.8 Å². The number of nitrogens with one attached hydrogen (secondary N) is 1. The van der Waals surface area contributed by atoms with Crippen LogP contribution in [0.2, 0.25) is 5.02 Å². The van der Waals surface area contributed by atoms with Gasteiger partial charge in [-0.15, -0.1) is 17.9 Å². The number of amides is 1. The maximum Gasteiger partial charge on any atom is 0.263 e. The van der Waals surface area contributed by atoms with E-state index in [1.165, 1.54) is 22.2 Å². The van der Waals surface area contributed by atoms with E-state index in [1.54, 1.807) is 34.1 Å². The molecule has 0 spiro atoms. The van der Waals surface area contributed by atoms with Gasteiger partial charge in [0.1, 0.15) is 4.83 Å². The van der Waals surface area contributed by atoms with Crippen molar-refractivity contribution in [2.45, 2.75) is 44.3 Å². The minimum absolute atomic E-state index is 0.0382. The molecule has 0 saturated carbocycles. The van der Waals surface area contributed by atoms with E-state index < -0.39 is 0 Å². The van der Waals surface area contributed by atoms with Crippen molar-refractivity contribution in [3.8, 4) is 0 Å². The third-order valence-corrected chi connectivity index (χ3v) is 7.56. The van der Waals surface area contributed by atoms with Crippen LogP contribution in [0, 0.1) is 6.92 Å². The maximum absolute atomic E-state index is 13.2. The van der Waals surface area contributed by atoms with Gasteiger partial charge in [0, 0.05) is 11.4 Å². The van der Waals surface area contributed by atoms with Crippen molar-refractivity contribution in [1.82, 2.24) is 9.55 Å². The monoisotopic (exact) mass is 459 g/mol. The summed E-state index contributed by atoms with van der Waals surface area (Å²) in [4.78, 5) is 32.5. The zero-order valence-electron chi connectivity index (χ0n) is 16.7. The summed E-state index contributed by atoms with van der Waals surface area (Å²) in [6.07, 6.45) is 5.90. The predicted molar refractivity (Wildman–Crippen MR) is 126 cm³/mol. The van der Waals surface area contributed by atoms with Crippen molar-refractivity contribution < 1.29 is 4.79 Å². The van der Waals surface area contributed by atoms with E-state index in [1.807, 2.05) is 13.0 Å². The Morgan fingerprint density at radius 1 is 1.40 bits per heavy atom. The lowest BCUT2D eigenvalue weighted by molar-refractivity contribution is -0.113. The first-order valence-corrected chi connectivity index (χ1v) is 12.0. The number of aromatic nitrogens is 2. The second-order valence-corrected chi connectivity index (χ2v) is 9.74. The highest BCUT2D eigenvalue weighted by atomic mass is 35.5. The van der Waals surface area contributed by atoms with Crippen LogP contribution in [-0.2, 0) is 24.2 Å². The van der Waals surface area contributed by atoms with Crippen molar-refractivity contribution in [2.24, 2.45) is 0 Å². The van der Waals surface area contributed by atoms with Gasteiger partial charge in [0.25, 0.3) is 5.56 Å². The molecule has 30 heavy (non-hydrogen) atoms. The van der Waals surface area contributed by atoms with Gasteiger partial charge in [-0.3, -0.25) is 14.2 Å². The number of nitrogens with zero attached hydrogens (tertiary/aromatic N) is 2. The number of hydrogen-bond donors (Lipinski definition) is 1. The first kappa shape index (κ1) is 21.2. The Labute approximate surface area is 188 Å². The molecule has 3 aromatic rings. The highest BCUT2D eigenvalue weighted by Gasteiger charge is 2.22. The van der Waals surface area contributed by atoms with Crippen LogP contribution in [0.15, 0.2) is 40.8 Å². The van der Waals surface area contributed by atoms with Crippen LogP contribution in [0.3, 0.4) is 0 Å². The quantitative estimate of drug-likeness (QED) is 0.312. The number of rotatable bonds is 6. The van der Waals surface area contributed by atoms with Crippen molar-refractivity contribution >= 4 is 56.5 Å². The molecule has 0 saturated heterocycles. The molecular weight excluding hydrogens is 438 g/mol. The summed E-state index contributed by atoms with van der Waals surface area (Å²) in [5, 5.41) is 4.61. The molecule has 1 N–H and O–H groups in total. The molecule has 1 aliphatic rings. The normalized spacial score (nSPS) is 13.3. The molecule has 0 aliphatic heterocycles. The van der Waals surface area contributed by atoms with Crippen LogP contribution in [0.25, 0.3) is 10.2 Å². The molecule has 0 fully saturated rings. The lowest BCUT2D eigenvalue weighted by atomic mass is 9.97. The minimum Gasteiger partial charge on any atom is -0.324 e. The van der Waals surface area contributed by atoms with Gasteiger partial charge in [-0.1, -0.05) is 35.5 Å². The fraction of sp³-hybridized carbons (Fsp3) is 0.318. The van der Waals surface area contributed by atoms with Crippen LogP contribution in [0.1, 0.15) is 28.8 Å². The Hall–Kier alpha value is -2.09. The van der Waals surface area contributed by atoms with Crippen LogP contribution in [0.5, 0.6) is 0 Å². The SMILES string of the molecule is C=CCn1c(SCC(=O)Nc2ccc(C)cc2Cl)nc2sc3c(c2c1=O)CCCC3. The topological polar surface area (TPSA) is 64.0 Å². The number of allylic oxidation sites excluding steroid dienone is 1. The van der Waals surface area contributed by atoms with E-state index in [0.29, 0.717) is 22.4 Å². The molecule has 156 valence electrons. The molecule has 1 amide bonds. The predicted octanol–water partition coefficient (Wildman–Crippen LogP) is 5.22. The Morgan fingerprint density at radius 2 is 2.20 bits per heavy atom. The second-order valence-electron chi connectivity index (χ2n) is 7.31. The Morgan fingerprint density at radius 3 is 2.97 bits per heavy atom. The summed E-state index contributed by atoms with van der Waals surface area (Å²) < 4.78 is 1.62. The highest BCUT2D eigenvalue weighted by Crippen LogP contribution is 2.34. The van der Waals surface area contributed by atoms with Gasteiger partial charge in [0.2, 0.25) is 5.91 Å². The second kappa shape index (κ2) is 8.96. The fourth-order valence-corrected chi connectivity index (χ4v) is 6.05. The van der Waals surface area contributed by atoms with E-state index >= 15 is 0 Å². The molecule has 2 aromatic heterocycles. The van der Waals surface area contributed by atoms with E-state index in [2.05, 4.69) is 11.9 Å². The summed E-state index contributed by atoms with van der Waals surface area (Å²) in [5.74, 6) is -0.0691. The molecule has 0 unspecified atom stereocenters. The number of thiophene rings is 1.